The molecule has 1 heterocycles. The first-order valence-electron chi connectivity index (χ1n) is 4.72. The van der Waals surface area contributed by atoms with Crippen LogP contribution in [0.5, 0.6) is 11.6 Å². The van der Waals surface area contributed by atoms with Crippen molar-refractivity contribution < 1.29 is 17.9 Å². The Hall–Kier alpha value is -1.76. The van der Waals surface area contributed by atoms with Crippen molar-refractivity contribution in [2.45, 2.75) is 0 Å². The van der Waals surface area contributed by atoms with Gasteiger partial charge in [-0.25, -0.2) is 13.2 Å². The number of halogens is 4. The van der Waals surface area contributed by atoms with Gasteiger partial charge in [0.05, 0.1) is 0 Å². The molecule has 0 radical (unpaired) electrons. The first-order chi connectivity index (χ1) is 8.47. The van der Waals surface area contributed by atoms with E-state index in [0.29, 0.717) is 10.5 Å². The zero-order valence-corrected chi connectivity index (χ0v) is 10.3. The van der Waals surface area contributed by atoms with E-state index < -0.39 is 29.1 Å². The summed E-state index contributed by atoms with van der Waals surface area (Å²) in [5.41, 5.74) is 5.17. The lowest BCUT2D eigenvalue weighted by molar-refractivity contribution is 0.395. The van der Waals surface area contributed by atoms with Crippen molar-refractivity contribution in [2.75, 3.05) is 5.73 Å². The first-order valence-corrected chi connectivity index (χ1v) is 5.51. The van der Waals surface area contributed by atoms with E-state index in [2.05, 4.69) is 20.9 Å². The van der Waals surface area contributed by atoms with Gasteiger partial charge in [0.2, 0.25) is 0 Å². The largest absolute Gasteiger partial charge is 0.433 e. The Morgan fingerprint density at radius 3 is 2.44 bits per heavy atom. The number of hydrogen-bond donors (Lipinski definition) is 1. The molecule has 1 aromatic carbocycles. The van der Waals surface area contributed by atoms with Gasteiger partial charge in [0, 0.05) is 10.5 Å². The minimum absolute atomic E-state index is 0.240. The average Bonchev–Trinajstić information content (AvgIpc) is 2.29. The Balaban J connectivity index is 2.37. The summed E-state index contributed by atoms with van der Waals surface area (Å²) < 4.78 is 45.0. The maximum Gasteiger partial charge on any atom is 0.258 e. The highest BCUT2D eigenvalue weighted by molar-refractivity contribution is 9.10. The van der Waals surface area contributed by atoms with Gasteiger partial charge < -0.3 is 10.5 Å². The van der Waals surface area contributed by atoms with Crippen molar-refractivity contribution in [3.8, 4) is 11.6 Å². The van der Waals surface area contributed by atoms with E-state index >= 15 is 0 Å². The van der Waals surface area contributed by atoms with Crippen LogP contribution in [0.3, 0.4) is 0 Å². The number of pyridine rings is 1. The van der Waals surface area contributed by atoms with Gasteiger partial charge in [0.1, 0.15) is 0 Å². The SMILES string of the molecule is Nc1nc(Oc2ccc(Br)cc2F)c(F)cc1F. The second kappa shape index (κ2) is 4.85. The van der Waals surface area contributed by atoms with E-state index in [0.717, 1.165) is 6.07 Å². The van der Waals surface area contributed by atoms with Crippen molar-refractivity contribution in [3.05, 3.63) is 46.2 Å². The van der Waals surface area contributed by atoms with Gasteiger partial charge in [0.25, 0.3) is 5.88 Å². The number of anilines is 1. The third-order valence-corrected chi connectivity index (χ3v) is 2.52. The molecule has 0 atom stereocenters. The van der Waals surface area contributed by atoms with Crippen LogP contribution in [0, 0.1) is 17.5 Å². The van der Waals surface area contributed by atoms with Gasteiger partial charge in [-0.1, -0.05) is 15.9 Å². The molecule has 18 heavy (non-hydrogen) atoms. The molecule has 2 aromatic rings. The highest BCUT2D eigenvalue weighted by Gasteiger charge is 2.14. The molecule has 0 fully saturated rings. The van der Waals surface area contributed by atoms with Crippen LogP contribution in [0.15, 0.2) is 28.7 Å². The van der Waals surface area contributed by atoms with Crippen LogP contribution in [-0.4, -0.2) is 4.98 Å². The monoisotopic (exact) mass is 318 g/mol. The van der Waals surface area contributed by atoms with Crippen LogP contribution in [-0.2, 0) is 0 Å². The topological polar surface area (TPSA) is 48.1 Å². The molecular formula is C11H6BrF3N2O. The second-order valence-corrected chi connectivity index (χ2v) is 4.23. The van der Waals surface area contributed by atoms with Crippen LogP contribution in [0.1, 0.15) is 0 Å². The van der Waals surface area contributed by atoms with Crippen LogP contribution < -0.4 is 10.5 Å². The quantitative estimate of drug-likeness (QED) is 0.919. The maximum absolute atomic E-state index is 13.4. The molecule has 94 valence electrons. The molecule has 0 saturated carbocycles. The Labute approximate surface area is 109 Å². The third kappa shape index (κ3) is 2.56. The van der Waals surface area contributed by atoms with Crippen molar-refractivity contribution in [1.29, 1.82) is 0 Å². The third-order valence-electron chi connectivity index (χ3n) is 2.03. The Kier molecular flexibility index (Phi) is 3.42. The van der Waals surface area contributed by atoms with E-state index in [1.54, 1.807) is 0 Å². The van der Waals surface area contributed by atoms with E-state index in [9.17, 15) is 13.2 Å². The lowest BCUT2D eigenvalue weighted by Crippen LogP contribution is -2.01. The summed E-state index contributed by atoms with van der Waals surface area (Å²) in [5.74, 6) is -4.14. The molecule has 2 rings (SSSR count). The van der Waals surface area contributed by atoms with Gasteiger partial charge in [-0.05, 0) is 18.2 Å². The zero-order chi connectivity index (χ0) is 13.3. The summed E-state index contributed by atoms with van der Waals surface area (Å²) in [7, 11) is 0. The molecule has 0 aliphatic heterocycles. The molecule has 0 aliphatic carbocycles. The molecule has 0 saturated heterocycles. The predicted octanol–water partition coefficient (Wildman–Crippen LogP) is 3.64. The van der Waals surface area contributed by atoms with E-state index in [-0.39, 0.29) is 5.75 Å². The molecule has 0 spiro atoms. The van der Waals surface area contributed by atoms with Crippen molar-refractivity contribution in [3.63, 3.8) is 0 Å². The molecule has 0 bridgehead atoms. The highest BCUT2D eigenvalue weighted by atomic mass is 79.9. The molecule has 3 nitrogen and oxygen atoms in total. The fourth-order valence-electron chi connectivity index (χ4n) is 1.20. The number of rotatable bonds is 2. The maximum atomic E-state index is 13.4. The lowest BCUT2D eigenvalue weighted by atomic mass is 10.3. The van der Waals surface area contributed by atoms with Crippen molar-refractivity contribution >= 4 is 21.7 Å². The molecule has 7 heteroatoms. The number of nitrogen functional groups attached to an aromatic ring is 1. The summed E-state index contributed by atoms with van der Waals surface area (Å²) in [6, 6.07) is 4.44. The standard InChI is InChI=1S/C11H6BrF3N2O/c12-5-1-2-9(6(13)3-5)18-11-8(15)4-7(14)10(16)17-11/h1-4H,(H2,16,17). The summed E-state index contributed by atoms with van der Waals surface area (Å²) in [4.78, 5) is 3.36. The molecular weight excluding hydrogens is 313 g/mol. The van der Waals surface area contributed by atoms with Gasteiger partial charge in [-0.2, -0.15) is 4.98 Å². The summed E-state index contributed by atoms with van der Waals surface area (Å²) in [5, 5.41) is 0. The van der Waals surface area contributed by atoms with E-state index in [1.807, 2.05) is 0 Å². The Morgan fingerprint density at radius 2 is 1.78 bits per heavy atom. The Morgan fingerprint density at radius 1 is 1.06 bits per heavy atom. The zero-order valence-electron chi connectivity index (χ0n) is 8.75. The van der Waals surface area contributed by atoms with E-state index in [4.69, 9.17) is 10.5 Å². The summed E-state index contributed by atoms with van der Waals surface area (Å²) in [6.45, 7) is 0. The fourth-order valence-corrected chi connectivity index (χ4v) is 1.53. The van der Waals surface area contributed by atoms with Crippen LogP contribution in [0.25, 0.3) is 0 Å². The van der Waals surface area contributed by atoms with E-state index in [1.165, 1.54) is 12.1 Å². The number of hydrogen-bond acceptors (Lipinski definition) is 3. The molecule has 2 N–H and O–H groups in total. The van der Waals surface area contributed by atoms with Crippen LogP contribution >= 0.6 is 15.9 Å². The number of aromatic nitrogens is 1. The Bertz CT molecular complexity index is 607. The molecule has 0 unspecified atom stereocenters. The number of nitrogens with zero attached hydrogens (tertiary/aromatic N) is 1. The smallest absolute Gasteiger partial charge is 0.258 e. The molecule has 1 aromatic heterocycles. The van der Waals surface area contributed by atoms with Crippen molar-refractivity contribution in [2.24, 2.45) is 0 Å². The lowest BCUT2D eigenvalue weighted by Gasteiger charge is -2.07. The fraction of sp³-hybridized carbons (Fsp3) is 0. The molecule has 0 aliphatic rings. The number of nitrogens with two attached hydrogens (primary N) is 1. The average molecular weight is 319 g/mol. The van der Waals surface area contributed by atoms with Gasteiger partial charge in [-0.15, -0.1) is 0 Å². The minimum Gasteiger partial charge on any atom is -0.433 e. The van der Waals surface area contributed by atoms with Crippen molar-refractivity contribution in [1.82, 2.24) is 4.98 Å². The minimum atomic E-state index is -1.07. The normalized spacial score (nSPS) is 10.4. The highest BCUT2D eigenvalue weighted by Crippen LogP contribution is 2.28. The van der Waals surface area contributed by atoms with Crippen LogP contribution in [0.2, 0.25) is 0 Å². The first kappa shape index (κ1) is 12.7. The predicted molar refractivity (Wildman–Crippen MR) is 62.7 cm³/mol. The van der Waals surface area contributed by atoms with Gasteiger partial charge in [0.15, 0.2) is 29.0 Å². The second-order valence-electron chi connectivity index (χ2n) is 3.32. The van der Waals surface area contributed by atoms with Gasteiger partial charge >= 0.3 is 0 Å². The summed E-state index contributed by atoms with van der Waals surface area (Å²) in [6.07, 6.45) is 0. The summed E-state index contributed by atoms with van der Waals surface area (Å²) >= 11 is 3.06. The molecule has 0 amide bonds. The number of ether oxygens (including phenoxy) is 1. The van der Waals surface area contributed by atoms with Gasteiger partial charge in [-0.3, -0.25) is 0 Å². The number of benzene rings is 1. The van der Waals surface area contributed by atoms with Crippen LogP contribution in [0.4, 0.5) is 19.0 Å².